The molecule has 0 aliphatic heterocycles. The van der Waals surface area contributed by atoms with Crippen molar-refractivity contribution in [3.63, 3.8) is 0 Å². The van der Waals surface area contributed by atoms with Crippen LogP contribution in [0.1, 0.15) is 16.1 Å². The van der Waals surface area contributed by atoms with Gasteiger partial charge in [0, 0.05) is 12.3 Å². The Labute approximate surface area is 112 Å². The first-order chi connectivity index (χ1) is 9.09. The first-order valence-corrected chi connectivity index (χ1v) is 5.65. The Morgan fingerprint density at radius 2 is 2.32 bits per heavy atom. The Kier molecular flexibility index (Phi) is 3.76. The SMILES string of the molecule is O=C(NCc1cnc[nH]1)c1c(Cl)cccc1[N+](=O)[O-]. The van der Waals surface area contributed by atoms with Gasteiger partial charge in [-0.3, -0.25) is 14.9 Å². The van der Waals surface area contributed by atoms with E-state index in [1.165, 1.54) is 24.5 Å². The molecule has 2 aromatic rings. The molecule has 8 heteroatoms. The number of nitro benzene ring substituents is 1. The van der Waals surface area contributed by atoms with Crippen LogP contribution in [0, 0.1) is 10.1 Å². The fourth-order valence-corrected chi connectivity index (χ4v) is 1.79. The Balaban J connectivity index is 2.21. The summed E-state index contributed by atoms with van der Waals surface area (Å²) >= 11 is 5.84. The average molecular weight is 281 g/mol. The summed E-state index contributed by atoms with van der Waals surface area (Å²) in [6.07, 6.45) is 3.01. The summed E-state index contributed by atoms with van der Waals surface area (Å²) in [5.74, 6) is -0.605. The number of aromatic amines is 1. The summed E-state index contributed by atoms with van der Waals surface area (Å²) in [7, 11) is 0. The van der Waals surface area contributed by atoms with E-state index in [2.05, 4.69) is 15.3 Å². The third-order valence-corrected chi connectivity index (χ3v) is 2.72. The third kappa shape index (κ3) is 2.89. The van der Waals surface area contributed by atoms with Gasteiger partial charge in [-0.05, 0) is 6.07 Å². The number of nitro groups is 1. The van der Waals surface area contributed by atoms with Crippen LogP contribution in [0.15, 0.2) is 30.7 Å². The fraction of sp³-hybridized carbons (Fsp3) is 0.0909. The van der Waals surface area contributed by atoms with Gasteiger partial charge in [0.25, 0.3) is 11.6 Å². The molecule has 0 spiro atoms. The molecule has 1 amide bonds. The molecule has 0 fully saturated rings. The molecule has 1 aromatic heterocycles. The van der Waals surface area contributed by atoms with Gasteiger partial charge in [-0.1, -0.05) is 17.7 Å². The number of hydrogen-bond donors (Lipinski definition) is 2. The number of aromatic nitrogens is 2. The maximum Gasteiger partial charge on any atom is 0.283 e. The predicted molar refractivity (Wildman–Crippen MR) is 67.9 cm³/mol. The summed E-state index contributed by atoms with van der Waals surface area (Å²) in [6, 6.07) is 4.09. The van der Waals surface area contributed by atoms with Gasteiger partial charge in [-0.25, -0.2) is 4.98 Å². The molecule has 98 valence electrons. The summed E-state index contributed by atoms with van der Waals surface area (Å²) in [5, 5.41) is 13.4. The second-order valence-corrected chi connectivity index (χ2v) is 4.06. The molecule has 0 aliphatic carbocycles. The lowest BCUT2D eigenvalue weighted by Crippen LogP contribution is -2.24. The highest BCUT2D eigenvalue weighted by Crippen LogP contribution is 2.25. The number of imidazole rings is 1. The number of benzene rings is 1. The number of halogens is 1. The highest BCUT2D eigenvalue weighted by atomic mass is 35.5. The predicted octanol–water partition coefficient (Wildman–Crippen LogP) is 1.90. The molecule has 19 heavy (non-hydrogen) atoms. The van der Waals surface area contributed by atoms with E-state index in [4.69, 9.17) is 11.6 Å². The lowest BCUT2D eigenvalue weighted by atomic mass is 10.1. The van der Waals surface area contributed by atoms with Crippen molar-refractivity contribution < 1.29 is 9.72 Å². The van der Waals surface area contributed by atoms with E-state index in [1.807, 2.05) is 0 Å². The molecule has 1 heterocycles. The Bertz CT molecular complexity index is 612. The van der Waals surface area contributed by atoms with Crippen molar-refractivity contribution in [2.24, 2.45) is 0 Å². The highest BCUT2D eigenvalue weighted by molar-refractivity contribution is 6.34. The van der Waals surface area contributed by atoms with Crippen LogP contribution in [0.4, 0.5) is 5.69 Å². The van der Waals surface area contributed by atoms with Crippen LogP contribution in [-0.2, 0) is 6.54 Å². The van der Waals surface area contributed by atoms with Gasteiger partial charge in [-0.15, -0.1) is 0 Å². The smallest absolute Gasteiger partial charge is 0.283 e. The Hall–Kier alpha value is -2.41. The third-order valence-electron chi connectivity index (χ3n) is 2.41. The fourth-order valence-electron chi connectivity index (χ4n) is 1.53. The topological polar surface area (TPSA) is 101 Å². The van der Waals surface area contributed by atoms with Crippen molar-refractivity contribution in [3.05, 3.63) is 57.1 Å². The molecule has 7 nitrogen and oxygen atoms in total. The number of amides is 1. The van der Waals surface area contributed by atoms with Crippen molar-refractivity contribution >= 4 is 23.2 Å². The van der Waals surface area contributed by atoms with Gasteiger partial charge >= 0.3 is 0 Å². The Morgan fingerprint density at radius 3 is 2.95 bits per heavy atom. The maximum absolute atomic E-state index is 12.0. The molecule has 0 atom stereocenters. The average Bonchev–Trinajstić information content (AvgIpc) is 2.88. The van der Waals surface area contributed by atoms with Crippen LogP contribution < -0.4 is 5.32 Å². The number of rotatable bonds is 4. The van der Waals surface area contributed by atoms with Gasteiger partial charge in [0.05, 0.1) is 28.5 Å². The summed E-state index contributed by atoms with van der Waals surface area (Å²) in [4.78, 5) is 28.8. The van der Waals surface area contributed by atoms with Crippen LogP contribution in [0.5, 0.6) is 0 Å². The normalized spacial score (nSPS) is 10.2. The molecule has 0 saturated carbocycles. The number of H-pyrrole nitrogens is 1. The Morgan fingerprint density at radius 1 is 1.53 bits per heavy atom. The molecule has 0 aliphatic rings. The zero-order valence-electron chi connectivity index (χ0n) is 9.59. The number of hydrogen-bond acceptors (Lipinski definition) is 4. The van der Waals surface area contributed by atoms with Crippen LogP contribution in [0.2, 0.25) is 5.02 Å². The van der Waals surface area contributed by atoms with Gasteiger partial charge in [0.2, 0.25) is 0 Å². The lowest BCUT2D eigenvalue weighted by Gasteiger charge is -2.06. The van der Waals surface area contributed by atoms with Gasteiger partial charge < -0.3 is 10.3 Å². The van der Waals surface area contributed by atoms with E-state index >= 15 is 0 Å². The first kappa shape index (κ1) is 13.0. The van der Waals surface area contributed by atoms with E-state index in [1.54, 1.807) is 6.20 Å². The van der Waals surface area contributed by atoms with Crippen molar-refractivity contribution in [1.29, 1.82) is 0 Å². The van der Waals surface area contributed by atoms with Crippen molar-refractivity contribution in [3.8, 4) is 0 Å². The number of nitrogens with one attached hydrogen (secondary N) is 2. The molecule has 0 radical (unpaired) electrons. The molecule has 0 bridgehead atoms. The van der Waals surface area contributed by atoms with Gasteiger partial charge in [-0.2, -0.15) is 0 Å². The van der Waals surface area contributed by atoms with E-state index in [0.717, 1.165) is 0 Å². The molecule has 0 saturated heterocycles. The van der Waals surface area contributed by atoms with Gasteiger partial charge in [0.15, 0.2) is 0 Å². The highest BCUT2D eigenvalue weighted by Gasteiger charge is 2.22. The monoisotopic (exact) mass is 280 g/mol. The maximum atomic E-state index is 12.0. The quantitative estimate of drug-likeness (QED) is 0.659. The number of carbonyl (C=O) groups is 1. The molecular formula is C11H9ClN4O3. The standard InChI is InChI=1S/C11H9ClN4O3/c12-8-2-1-3-9(16(18)19)10(8)11(17)14-5-7-4-13-6-15-7/h1-4,6H,5H2,(H,13,15)(H,14,17). The van der Waals surface area contributed by atoms with E-state index < -0.39 is 10.8 Å². The van der Waals surface area contributed by atoms with Crippen molar-refractivity contribution in [1.82, 2.24) is 15.3 Å². The van der Waals surface area contributed by atoms with Crippen molar-refractivity contribution in [2.45, 2.75) is 6.54 Å². The number of carbonyl (C=O) groups excluding carboxylic acids is 1. The van der Waals surface area contributed by atoms with E-state index in [0.29, 0.717) is 5.69 Å². The van der Waals surface area contributed by atoms with Gasteiger partial charge in [0.1, 0.15) is 5.56 Å². The summed E-state index contributed by atoms with van der Waals surface area (Å²) < 4.78 is 0. The van der Waals surface area contributed by atoms with E-state index in [9.17, 15) is 14.9 Å². The zero-order valence-corrected chi connectivity index (χ0v) is 10.3. The second-order valence-electron chi connectivity index (χ2n) is 3.65. The summed E-state index contributed by atoms with van der Waals surface area (Å²) in [6.45, 7) is 0.182. The van der Waals surface area contributed by atoms with Crippen LogP contribution in [-0.4, -0.2) is 20.8 Å². The van der Waals surface area contributed by atoms with E-state index in [-0.39, 0.29) is 22.8 Å². The minimum absolute atomic E-state index is 0.0383. The minimum atomic E-state index is -0.642. The van der Waals surface area contributed by atoms with Crippen LogP contribution in [0.3, 0.4) is 0 Å². The zero-order chi connectivity index (χ0) is 13.8. The minimum Gasteiger partial charge on any atom is -0.347 e. The molecule has 1 aromatic carbocycles. The molecule has 2 N–H and O–H groups in total. The largest absolute Gasteiger partial charge is 0.347 e. The first-order valence-electron chi connectivity index (χ1n) is 5.28. The number of nitrogens with zero attached hydrogens (tertiary/aromatic N) is 2. The van der Waals surface area contributed by atoms with Crippen LogP contribution in [0.25, 0.3) is 0 Å². The van der Waals surface area contributed by atoms with Crippen LogP contribution >= 0.6 is 11.6 Å². The molecular weight excluding hydrogens is 272 g/mol. The molecule has 0 unspecified atom stereocenters. The summed E-state index contributed by atoms with van der Waals surface area (Å²) in [5.41, 5.74) is 0.214. The second kappa shape index (κ2) is 5.49. The van der Waals surface area contributed by atoms with Crippen molar-refractivity contribution in [2.75, 3.05) is 0 Å². The molecule has 2 rings (SSSR count). The lowest BCUT2D eigenvalue weighted by molar-refractivity contribution is -0.385.